The molecule has 0 saturated carbocycles. The molecule has 4 aromatic rings. The number of carbonyl (C=O) groups excluding carboxylic acids is 2. The molecule has 0 fully saturated rings. The van der Waals surface area contributed by atoms with E-state index < -0.39 is 0 Å². The van der Waals surface area contributed by atoms with E-state index in [0.29, 0.717) is 21.8 Å². The summed E-state index contributed by atoms with van der Waals surface area (Å²) in [6.07, 6.45) is 3.71. The Hall–Kier alpha value is -3.71. The maximum atomic E-state index is 12.5. The van der Waals surface area contributed by atoms with Gasteiger partial charge in [-0.25, -0.2) is 4.68 Å². The fourth-order valence-electron chi connectivity index (χ4n) is 2.76. The van der Waals surface area contributed by atoms with Crippen molar-refractivity contribution in [1.82, 2.24) is 9.78 Å². The van der Waals surface area contributed by atoms with Gasteiger partial charge in [-0.15, -0.1) is 11.3 Å². The summed E-state index contributed by atoms with van der Waals surface area (Å²) in [5.41, 5.74) is 3.83. The number of aromatic nitrogens is 2. The fraction of sp³-hybridized carbons (Fsp3) is 0.0455. The van der Waals surface area contributed by atoms with Gasteiger partial charge in [0.15, 0.2) is 0 Å². The summed E-state index contributed by atoms with van der Waals surface area (Å²) < 4.78 is 1.76. The number of benzene rings is 2. The van der Waals surface area contributed by atoms with Crippen molar-refractivity contribution < 1.29 is 9.59 Å². The quantitative estimate of drug-likeness (QED) is 0.506. The van der Waals surface area contributed by atoms with Crippen LogP contribution < -0.4 is 10.6 Å². The van der Waals surface area contributed by atoms with E-state index in [-0.39, 0.29) is 11.8 Å². The first-order valence-corrected chi connectivity index (χ1v) is 9.84. The zero-order chi connectivity index (χ0) is 20.2. The molecule has 0 radical (unpaired) electrons. The number of hydrogen-bond donors (Lipinski definition) is 2. The number of nitrogens with one attached hydrogen (secondary N) is 2. The number of carbonyl (C=O) groups is 2. The molecule has 29 heavy (non-hydrogen) atoms. The molecule has 2 aromatic heterocycles. The minimum atomic E-state index is -0.205. The molecule has 0 aliphatic carbocycles. The first kappa shape index (κ1) is 18.6. The van der Waals surface area contributed by atoms with Gasteiger partial charge in [-0.3, -0.25) is 9.59 Å². The smallest absolute Gasteiger partial charge is 0.265 e. The highest BCUT2D eigenvalue weighted by Gasteiger charge is 2.09. The van der Waals surface area contributed by atoms with Gasteiger partial charge in [0.25, 0.3) is 11.8 Å². The predicted molar refractivity (Wildman–Crippen MR) is 115 cm³/mol. The number of hydrogen-bond acceptors (Lipinski definition) is 4. The molecule has 6 nitrogen and oxygen atoms in total. The Morgan fingerprint density at radius 1 is 0.897 bits per heavy atom. The molecule has 0 aliphatic rings. The summed E-state index contributed by atoms with van der Waals surface area (Å²) >= 11 is 1.39. The maximum absolute atomic E-state index is 12.5. The Morgan fingerprint density at radius 3 is 2.10 bits per heavy atom. The van der Waals surface area contributed by atoms with Crippen molar-refractivity contribution in [3.63, 3.8) is 0 Å². The second-order valence-electron chi connectivity index (χ2n) is 6.47. The van der Waals surface area contributed by atoms with E-state index in [1.807, 2.05) is 36.7 Å². The number of thiophene rings is 1. The Balaban J connectivity index is 1.38. The third-order valence-electron chi connectivity index (χ3n) is 4.25. The zero-order valence-electron chi connectivity index (χ0n) is 15.6. The average molecular weight is 402 g/mol. The van der Waals surface area contributed by atoms with Gasteiger partial charge in [0.1, 0.15) is 0 Å². The number of amides is 2. The maximum Gasteiger partial charge on any atom is 0.265 e. The van der Waals surface area contributed by atoms with Crippen LogP contribution in [-0.2, 0) is 0 Å². The molecule has 4 rings (SSSR count). The molecule has 2 heterocycles. The van der Waals surface area contributed by atoms with Gasteiger partial charge < -0.3 is 10.6 Å². The van der Waals surface area contributed by atoms with E-state index in [4.69, 9.17) is 0 Å². The topological polar surface area (TPSA) is 76.0 Å². The first-order chi connectivity index (χ1) is 14.1. The predicted octanol–water partition coefficient (Wildman–Crippen LogP) is 4.75. The van der Waals surface area contributed by atoms with Crippen molar-refractivity contribution in [3.8, 4) is 5.69 Å². The number of nitrogens with zero attached hydrogens (tertiary/aromatic N) is 2. The SMILES string of the molecule is Cc1cnn(-c2ccc(C(=O)Nc3ccc(NC(=O)c4cccs4)cc3)cc2)c1. The van der Waals surface area contributed by atoms with Crippen LogP contribution in [0.4, 0.5) is 11.4 Å². The Labute approximate surface area is 171 Å². The van der Waals surface area contributed by atoms with Crippen LogP contribution in [-0.4, -0.2) is 21.6 Å². The molecule has 0 bridgehead atoms. The minimum absolute atomic E-state index is 0.149. The van der Waals surface area contributed by atoms with E-state index in [0.717, 1.165) is 11.3 Å². The molecule has 0 saturated heterocycles. The van der Waals surface area contributed by atoms with Crippen molar-refractivity contribution in [2.45, 2.75) is 6.92 Å². The highest BCUT2D eigenvalue weighted by molar-refractivity contribution is 7.12. The van der Waals surface area contributed by atoms with Gasteiger partial charge in [-0.05, 0) is 72.5 Å². The lowest BCUT2D eigenvalue weighted by Gasteiger charge is -2.08. The van der Waals surface area contributed by atoms with Crippen molar-refractivity contribution in [2.75, 3.05) is 10.6 Å². The van der Waals surface area contributed by atoms with Gasteiger partial charge in [-0.2, -0.15) is 5.10 Å². The highest BCUT2D eigenvalue weighted by Crippen LogP contribution is 2.17. The summed E-state index contributed by atoms with van der Waals surface area (Å²) in [4.78, 5) is 25.2. The van der Waals surface area contributed by atoms with Gasteiger partial charge in [0, 0.05) is 23.1 Å². The van der Waals surface area contributed by atoms with Gasteiger partial charge in [0.05, 0.1) is 16.8 Å². The number of aryl methyl sites for hydroxylation is 1. The van der Waals surface area contributed by atoms with Crippen LogP contribution in [0.25, 0.3) is 5.69 Å². The fourth-order valence-corrected chi connectivity index (χ4v) is 3.38. The van der Waals surface area contributed by atoms with Crippen LogP contribution in [0.2, 0.25) is 0 Å². The lowest BCUT2D eigenvalue weighted by molar-refractivity contribution is 0.102. The molecule has 2 aromatic carbocycles. The highest BCUT2D eigenvalue weighted by atomic mass is 32.1. The largest absolute Gasteiger partial charge is 0.322 e. The van der Waals surface area contributed by atoms with Gasteiger partial charge in [0.2, 0.25) is 0 Å². The van der Waals surface area contributed by atoms with Gasteiger partial charge >= 0.3 is 0 Å². The second-order valence-corrected chi connectivity index (χ2v) is 7.42. The Morgan fingerprint density at radius 2 is 1.55 bits per heavy atom. The molecule has 2 N–H and O–H groups in total. The molecular formula is C22H18N4O2S. The Bertz CT molecular complexity index is 1130. The molecule has 0 atom stereocenters. The van der Waals surface area contributed by atoms with E-state index in [1.54, 1.807) is 53.3 Å². The standard InChI is InChI=1S/C22H18N4O2S/c1-15-13-23-26(14-15)19-10-4-16(5-11-19)21(27)24-17-6-8-18(9-7-17)25-22(28)20-3-2-12-29-20/h2-14H,1H3,(H,24,27)(H,25,28). The summed E-state index contributed by atoms with van der Waals surface area (Å²) in [6, 6.07) is 17.8. The lowest BCUT2D eigenvalue weighted by atomic mass is 10.2. The number of rotatable bonds is 5. The normalized spacial score (nSPS) is 10.5. The molecule has 144 valence electrons. The summed E-state index contributed by atoms with van der Waals surface area (Å²) in [6.45, 7) is 1.98. The third kappa shape index (κ3) is 4.41. The molecule has 7 heteroatoms. The van der Waals surface area contributed by atoms with Crippen LogP contribution in [0, 0.1) is 6.92 Å². The zero-order valence-corrected chi connectivity index (χ0v) is 16.4. The second kappa shape index (κ2) is 8.12. The van der Waals surface area contributed by atoms with Crippen LogP contribution in [0.1, 0.15) is 25.6 Å². The monoisotopic (exact) mass is 402 g/mol. The van der Waals surface area contributed by atoms with Crippen LogP contribution in [0.15, 0.2) is 78.4 Å². The summed E-state index contributed by atoms with van der Waals surface area (Å²) in [5, 5.41) is 11.8. The molecule has 0 aliphatic heterocycles. The summed E-state index contributed by atoms with van der Waals surface area (Å²) in [5.74, 6) is -0.354. The number of anilines is 2. The van der Waals surface area contributed by atoms with Crippen molar-refractivity contribution in [3.05, 3.63) is 94.4 Å². The molecule has 0 unspecified atom stereocenters. The van der Waals surface area contributed by atoms with Crippen molar-refractivity contribution in [1.29, 1.82) is 0 Å². The van der Waals surface area contributed by atoms with Crippen LogP contribution in [0.5, 0.6) is 0 Å². The molecule has 0 spiro atoms. The van der Waals surface area contributed by atoms with E-state index in [2.05, 4.69) is 15.7 Å². The van der Waals surface area contributed by atoms with Crippen molar-refractivity contribution in [2.24, 2.45) is 0 Å². The third-order valence-corrected chi connectivity index (χ3v) is 5.12. The lowest BCUT2D eigenvalue weighted by Crippen LogP contribution is -2.12. The first-order valence-electron chi connectivity index (χ1n) is 8.96. The van der Waals surface area contributed by atoms with E-state index in [1.165, 1.54) is 11.3 Å². The van der Waals surface area contributed by atoms with E-state index in [9.17, 15) is 9.59 Å². The Kier molecular flexibility index (Phi) is 5.22. The summed E-state index contributed by atoms with van der Waals surface area (Å²) in [7, 11) is 0. The van der Waals surface area contributed by atoms with Crippen LogP contribution >= 0.6 is 11.3 Å². The average Bonchev–Trinajstić information content (AvgIpc) is 3.41. The van der Waals surface area contributed by atoms with Crippen molar-refractivity contribution >= 4 is 34.5 Å². The van der Waals surface area contributed by atoms with E-state index >= 15 is 0 Å². The van der Waals surface area contributed by atoms with Gasteiger partial charge in [-0.1, -0.05) is 6.07 Å². The van der Waals surface area contributed by atoms with Crippen LogP contribution in [0.3, 0.4) is 0 Å². The minimum Gasteiger partial charge on any atom is -0.322 e. The molecular weight excluding hydrogens is 384 g/mol. The molecule has 2 amide bonds.